The smallest absolute Gasteiger partial charge is 0.243 e. The number of amides is 1. The van der Waals surface area contributed by atoms with E-state index in [1.807, 2.05) is 29.2 Å². The third-order valence-corrected chi connectivity index (χ3v) is 5.85. The number of carbonyl (C=O) groups is 1. The molecule has 1 N–H and O–H groups in total. The first kappa shape index (κ1) is 18.9. The summed E-state index contributed by atoms with van der Waals surface area (Å²) in [6.07, 6.45) is 3.91. The molecular weight excluding hydrogens is 344 g/mol. The van der Waals surface area contributed by atoms with Gasteiger partial charge in [0, 0.05) is 5.69 Å². The number of nitrogens with one attached hydrogen (secondary N) is 1. The first-order valence-corrected chi connectivity index (χ1v) is 9.47. The highest BCUT2D eigenvalue weighted by Crippen LogP contribution is 2.41. The van der Waals surface area contributed by atoms with E-state index in [0.29, 0.717) is 6.54 Å². The number of hydrogen-bond donors (Lipinski definition) is 1. The summed E-state index contributed by atoms with van der Waals surface area (Å²) in [6, 6.07) is 18.7. The first-order valence-electron chi connectivity index (χ1n) is 9.47. The Balaban J connectivity index is 0.00000196. The second-order valence-electron chi connectivity index (χ2n) is 7.71. The maximum Gasteiger partial charge on any atom is 0.243 e. The Morgan fingerprint density at radius 1 is 0.962 bits per heavy atom. The monoisotopic (exact) mass is 370 g/mol. The van der Waals surface area contributed by atoms with Crippen LogP contribution in [-0.2, 0) is 16.8 Å². The minimum atomic E-state index is -0.405. The molecule has 0 radical (unpaired) electrons. The van der Waals surface area contributed by atoms with Gasteiger partial charge < -0.3 is 22.2 Å². The Morgan fingerprint density at radius 2 is 1.62 bits per heavy atom. The van der Waals surface area contributed by atoms with Gasteiger partial charge in [-0.3, -0.25) is 4.79 Å². The van der Waals surface area contributed by atoms with E-state index in [0.717, 1.165) is 12.2 Å². The largest absolute Gasteiger partial charge is 1.00 e. The summed E-state index contributed by atoms with van der Waals surface area (Å²) in [5.74, 6) is 0.260. The fraction of sp³-hybridized carbons (Fsp3) is 0.409. The van der Waals surface area contributed by atoms with Crippen molar-refractivity contribution in [1.29, 1.82) is 0 Å². The highest BCUT2D eigenvalue weighted by atomic mass is 35.5. The van der Waals surface area contributed by atoms with E-state index in [2.05, 4.69) is 37.3 Å². The molecular formula is C22H27ClN2O. The van der Waals surface area contributed by atoms with Crippen molar-refractivity contribution in [3.8, 4) is 0 Å². The molecule has 0 spiro atoms. The first-order chi connectivity index (χ1) is 12.2. The molecule has 4 heteroatoms. The summed E-state index contributed by atoms with van der Waals surface area (Å²) in [6.45, 7) is 6.12. The molecule has 2 aromatic rings. The number of hydrogen-bond acceptors (Lipinski definition) is 1. The summed E-state index contributed by atoms with van der Waals surface area (Å²) in [5.41, 5.74) is 3.07. The predicted octanol–water partition coefficient (Wildman–Crippen LogP) is -0.436. The van der Waals surface area contributed by atoms with Crippen molar-refractivity contribution in [2.24, 2.45) is 0 Å². The highest BCUT2D eigenvalue weighted by Gasteiger charge is 2.49. The molecule has 2 heterocycles. The number of rotatable bonds is 4. The molecule has 1 atom stereocenters. The Morgan fingerprint density at radius 3 is 2.35 bits per heavy atom. The summed E-state index contributed by atoms with van der Waals surface area (Å²) in [4.78, 5) is 17.1. The topological polar surface area (TPSA) is 24.8 Å². The van der Waals surface area contributed by atoms with Crippen LogP contribution in [0.4, 0.5) is 5.69 Å². The minimum Gasteiger partial charge on any atom is -1.00 e. The third kappa shape index (κ3) is 3.38. The van der Waals surface area contributed by atoms with E-state index in [4.69, 9.17) is 0 Å². The van der Waals surface area contributed by atoms with Crippen LogP contribution in [0.2, 0.25) is 0 Å². The van der Waals surface area contributed by atoms with Gasteiger partial charge in [0.05, 0.1) is 26.2 Å². The lowest BCUT2D eigenvalue weighted by molar-refractivity contribution is -0.907. The zero-order valence-electron chi connectivity index (χ0n) is 15.4. The lowest BCUT2D eigenvalue weighted by Crippen LogP contribution is -3.14. The molecule has 1 fully saturated rings. The average molecular weight is 371 g/mol. The quantitative estimate of drug-likeness (QED) is 0.775. The second-order valence-corrected chi connectivity index (χ2v) is 7.71. The second kappa shape index (κ2) is 7.81. The molecule has 2 aliphatic heterocycles. The van der Waals surface area contributed by atoms with Crippen molar-refractivity contribution in [2.75, 3.05) is 24.5 Å². The molecule has 1 amide bonds. The van der Waals surface area contributed by atoms with Crippen LogP contribution in [0, 0.1) is 0 Å². The summed E-state index contributed by atoms with van der Waals surface area (Å²) >= 11 is 0. The Labute approximate surface area is 162 Å². The molecule has 0 aromatic heterocycles. The summed E-state index contributed by atoms with van der Waals surface area (Å²) in [5, 5.41) is 0. The molecule has 0 aliphatic carbocycles. The van der Waals surface area contributed by atoms with Crippen LogP contribution in [0.15, 0.2) is 54.6 Å². The summed E-state index contributed by atoms with van der Waals surface area (Å²) in [7, 11) is 0. The number of anilines is 1. The van der Waals surface area contributed by atoms with Crippen LogP contribution in [0.3, 0.4) is 0 Å². The van der Waals surface area contributed by atoms with Gasteiger partial charge in [-0.05, 0) is 43.4 Å². The zero-order chi connectivity index (χ0) is 17.3. The Bertz CT molecular complexity index is 758. The number of para-hydroxylation sites is 1. The van der Waals surface area contributed by atoms with Gasteiger partial charge in [0.25, 0.3) is 0 Å². The normalized spacial score (nSPS) is 22.8. The molecule has 3 nitrogen and oxygen atoms in total. The Kier molecular flexibility index (Phi) is 5.69. The van der Waals surface area contributed by atoms with Crippen LogP contribution in [-0.4, -0.2) is 25.5 Å². The van der Waals surface area contributed by atoms with Gasteiger partial charge in [-0.25, -0.2) is 0 Å². The molecule has 0 saturated carbocycles. The van der Waals surface area contributed by atoms with E-state index in [-0.39, 0.29) is 18.3 Å². The van der Waals surface area contributed by atoms with E-state index < -0.39 is 5.41 Å². The minimum absolute atomic E-state index is 0. The maximum absolute atomic E-state index is 13.5. The SMILES string of the molecule is CC1(C[NH+]2CCCCC2)C(=O)N(Cc2ccccc2)c2ccccc21.[Cl-]. The van der Waals surface area contributed by atoms with Gasteiger partial charge in [0.2, 0.25) is 5.91 Å². The number of piperidine rings is 1. The van der Waals surface area contributed by atoms with E-state index >= 15 is 0 Å². The summed E-state index contributed by atoms with van der Waals surface area (Å²) < 4.78 is 0. The number of quaternary nitrogens is 1. The van der Waals surface area contributed by atoms with E-state index in [1.165, 1.54) is 43.5 Å². The number of fused-ring (bicyclic) bond motifs is 1. The number of halogens is 1. The lowest BCUT2D eigenvalue weighted by Gasteiger charge is -2.31. The molecule has 2 aromatic carbocycles. The van der Waals surface area contributed by atoms with Crippen molar-refractivity contribution >= 4 is 11.6 Å². The van der Waals surface area contributed by atoms with Gasteiger partial charge in [-0.15, -0.1) is 0 Å². The van der Waals surface area contributed by atoms with Crippen molar-refractivity contribution in [3.05, 3.63) is 65.7 Å². The van der Waals surface area contributed by atoms with Gasteiger partial charge in [-0.2, -0.15) is 0 Å². The van der Waals surface area contributed by atoms with E-state index in [1.54, 1.807) is 4.90 Å². The van der Waals surface area contributed by atoms with Crippen LogP contribution in [0.25, 0.3) is 0 Å². The lowest BCUT2D eigenvalue weighted by atomic mass is 9.82. The number of likely N-dealkylation sites (tertiary alicyclic amines) is 1. The van der Waals surface area contributed by atoms with Crippen LogP contribution >= 0.6 is 0 Å². The molecule has 26 heavy (non-hydrogen) atoms. The van der Waals surface area contributed by atoms with E-state index in [9.17, 15) is 4.79 Å². The van der Waals surface area contributed by atoms with Gasteiger partial charge in [0.15, 0.2) is 0 Å². The van der Waals surface area contributed by atoms with Crippen LogP contribution < -0.4 is 22.2 Å². The number of carbonyl (C=O) groups excluding carboxylic acids is 1. The van der Waals surface area contributed by atoms with Crippen molar-refractivity contribution in [3.63, 3.8) is 0 Å². The molecule has 0 bridgehead atoms. The molecule has 1 saturated heterocycles. The number of benzene rings is 2. The van der Waals surface area contributed by atoms with Crippen LogP contribution in [0.1, 0.15) is 37.3 Å². The van der Waals surface area contributed by atoms with Crippen molar-refractivity contribution in [2.45, 2.75) is 38.1 Å². The Hall–Kier alpha value is -1.84. The van der Waals surface area contributed by atoms with Crippen molar-refractivity contribution < 1.29 is 22.1 Å². The third-order valence-electron chi connectivity index (χ3n) is 5.85. The fourth-order valence-corrected chi connectivity index (χ4v) is 4.52. The fourth-order valence-electron chi connectivity index (χ4n) is 4.52. The predicted molar refractivity (Wildman–Crippen MR) is 101 cm³/mol. The van der Waals surface area contributed by atoms with Crippen LogP contribution in [0.5, 0.6) is 0 Å². The van der Waals surface area contributed by atoms with Gasteiger partial charge in [0.1, 0.15) is 5.41 Å². The molecule has 4 rings (SSSR count). The average Bonchev–Trinajstić information content (AvgIpc) is 2.86. The standard InChI is InChI=1S/C22H26N2O.ClH/c1-22(17-23-14-8-3-9-15-23)19-12-6-7-13-20(19)24(21(22)25)16-18-10-4-2-5-11-18;/h2,4-7,10-13H,3,8-9,14-17H2,1H3;1H. The number of nitrogens with zero attached hydrogens (tertiary/aromatic N) is 1. The van der Waals surface area contributed by atoms with Gasteiger partial charge in [-0.1, -0.05) is 48.5 Å². The molecule has 138 valence electrons. The maximum atomic E-state index is 13.5. The molecule has 2 aliphatic rings. The van der Waals surface area contributed by atoms with Gasteiger partial charge >= 0.3 is 0 Å². The highest BCUT2D eigenvalue weighted by molar-refractivity contribution is 6.07. The van der Waals surface area contributed by atoms with Crippen molar-refractivity contribution in [1.82, 2.24) is 0 Å². The molecule has 1 unspecified atom stereocenters. The zero-order valence-corrected chi connectivity index (χ0v) is 16.1.